The fourth-order valence-electron chi connectivity index (χ4n) is 1.93. The van der Waals surface area contributed by atoms with E-state index in [0.717, 1.165) is 12.8 Å². The zero-order valence-corrected chi connectivity index (χ0v) is 12.0. The Balaban J connectivity index is 2.63. The van der Waals surface area contributed by atoms with Gasteiger partial charge in [0.15, 0.2) is 0 Å². The van der Waals surface area contributed by atoms with Crippen LogP contribution in [0.2, 0.25) is 0 Å². The van der Waals surface area contributed by atoms with Crippen molar-refractivity contribution in [2.75, 3.05) is 18.5 Å². The molecular weight excluding hydrogens is 256 g/mol. The van der Waals surface area contributed by atoms with Crippen molar-refractivity contribution < 1.29 is 14.7 Å². The number of benzene rings is 1. The van der Waals surface area contributed by atoms with Crippen LogP contribution in [0.15, 0.2) is 18.2 Å². The summed E-state index contributed by atoms with van der Waals surface area (Å²) < 4.78 is 0. The van der Waals surface area contributed by atoms with Gasteiger partial charge >= 0.3 is 11.8 Å². The van der Waals surface area contributed by atoms with Gasteiger partial charge in [0.1, 0.15) is 0 Å². The Kier molecular flexibility index (Phi) is 6.73. The molecule has 20 heavy (non-hydrogen) atoms. The van der Waals surface area contributed by atoms with Gasteiger partial charge in [0.05, 0.1) is 0 Å². The Morgan fingerprint density at radius 3 is 2.40 bits per heavy atom. The average Bonchev–Trinajstić information content (AvgIpc) is 2.47. The molecule has 0 unspecified atom stereocenters. The molecule has 0 spiro atoms. The number of amides is 2. The summed E-state index contributed by atoms with van der Waals surface area (Å²) in [4.78, 5) is 23.2. The number of carbonyl (C=O) groups excluding carboxylic acids is 2. The largest absolute Gasteiger partial charge is 0.396 e. The molecule has 0 fully saturated rings. The Labute approximate surface area is 119 Å². The van der Waals surface area contributed by atoms with Crippen LogP contribution in [0.25, 0.3) is 0 Å². The summed E-state index contributed by atoms with van der Waals surface area (Å²) in [5.41, 5.74) is 3.05. The first kappa shape index (κ1) is 16.2. The molecule has 0 saturated carbocycles. The SMILES string of the molecule is CCc1ccc(NC(=O)C(=O)NCCCO)cc1CC. The van der Waals surface area contributed by atoms with Gasteiger partial charge in [-0.15, -0.1) is 0 Å². The molecule has 5 heteroatoms. The molecule has 1 aromatic rings. The number of aryl methyl sites for hydroxylation is 2. The molecule has 2 amide bonds. The maximum absolute atomic E-state index is 11.7. The highest BCUT2D eigenvalue weighted by molar-refractivity contribution is 6.39. The van der Waals surface area contributed by atoms with E-state index in [-0.39, 0.29) is 13.2 Å². The highest BCUT2D eigenvalue weighted by atomic mass is 16.3. The number of rotatable bonds is 6. The van der Waals surface area contributed by atoms with Gasteiger partial charge < -0.3 is 15.7 Å². The second kappa shape index (κ2) is 8.32. The molecule has 0 radical (unpaired) electrons. The Morgan fingerprint density at radius 1 is 1.10 bits per heavy atom. The summed E-state index contributed by atoms with van der Waals surface area (Å²) in [6, 6.07) is 5.67. The minimum absolute atomic E-state index is 0.0137. The highest BCUT2D eigenvalue weighted by Gasteiger charge is 2.13. The van der Waals surface area contributed by atoms with Crippen LogP contribution in [0.4, 0.5) is 5.69 Å². The summed E-state index contributed by atoms with van der Waals surface area (Å²) in [6.07, 6.45) is 2.26. The monoisotopic (exact) mass is 278 g/mol. The molecular formula is C15H22N2O3. The standard InChI is InChI=1S/C15H22N2O3/c1-3-11-6-7-13(10-12(11)4-2)17-15(20)14(19)16-8-5-9-18/h6-7,10,18H,3-5,8-9H2,1-2H3,(H,16,19)(H,17,20). The third-order valence-corrected chi connectivity index (χ3v) is 3.05. The Hall–Kier alpha value is -1.88. The van der Waals surface area contributed by atoms with Crippen LogP contribution in [0.3, 0.4) is 0 Å². The van der Waals surface area contributed by atoms with Gasteiger partial charge in [0.2, 0.25) is 0 Å². The second-order valence-electron chi connectivity index (χ2n) is 4.48. The van der Waals surface area contributed by atoms with Crippen LogP contribution in [-0.2, 0) is 22.4 Å². The van der Waals surface area contributed by atoms with Gasteiger partial charge in [0.25, 0.3) is 0 Å². The first-order valence-electron chi connectivity index (χ1n) is 6.94. The predicted molar refractivity (Wildman–Crippen MR) is 78.5 cm³/mol. The van der Waals surface area contributed by atoms with E-state index in [1.807, 2.05) is 12.1 Å². The third-order valence-electron chi connectivity index (χ3n) is 3.05. The summed E-state index contributed by atoms with van der Waals surface area (Å²) in [7, 11) is 0. The van der Waals surface area contributed by atoms with Gasteiger partial charge in [-0.2, -0.15) is 0 Å². The summed E-state index contributed by atoms with van der Waals surface area (Å²) in [6.45, 7) is 4.42. The fraction of sp³-hybridized carbons (Fsp3) is 0.467. The summed E-state index contributed by atoms with van der Waals surface area (Å²) in [5.74, 6) is -1.37. The van der Waals surface area contributed by atoms with Crippen LogP contribution in [0.5, 0.6) is 0 Å². The molecule has 0 saturated heterocycles. The van der Waals surface area contributed by atoms with Gasteiger partial charge in [-0.1, -0.05) is 19.9 Å². The fourth-order valence-corrected chi connectivity index (χ4v) is 1.93. The summed E-state index contributed by atoms with van der Waals surface area (Å²) in [5, 5.41) is 13.6. The normalized spacial score (nSPS) is 10.2. The van der Waals surface area contributed by atoms with Crippen LogP contribution in [-0.4, -0.2) is 30.1 Å². The van der Waals surface area contributed by atoms with E-state index in [1.165, 1.54) is 11.1 Å². The van der Waals surface area contributed by atoms with E-state index in [9.17, 15) is 9.59 Å². The van der Waals surface area contributed by atoms with Crippen molar-refractivity contribution in [3.63, 3.8) is 0 Å². The predicted octanol–water partition coefficient (Wildman–Crippen LogP) is 1.25. The molecule has 110 valence electrons. The second-order valence-corrected chi connectivity index (χ2v) is 4.48. The summed E-state index contributed by atoms with van der Waals surface area (Å²) >= 11 is 0. The number of hydrogen-bond acceptors (Lipinski definition) is 3. The van der Waals surface area contributed by atoms with Crippen molar-refractivity contribution in [1.29, 1.82) is 0 Å². The quantitative estimate of drug-likeness (QED) is 0.541. The van der Waals surface area contributed by atoms with Gasteiger partial charge in [0, 0.05) is 18.8 Å². The van der Waals surface area contributed by atoms with Crippen molar-refractivity contribution in [3.8, 4) is 0 Å². The molecule has 5 nitrogen and oxygen atoms in total. The molecule has 0 aliphatic carbocycles. The minimum atomic E-state index is -0.686. The van der Waals surface area contributed by atoms with Gasteiger partial charge in [-0.05, 0) is 42.5 Å². The zero-order chi connectivity index (χ0) is 15.0. The molecule has 0 bridgehead atoms. The van der Waals surface area contributed by atoms with Crippen molar-refractivity contribution in [3.05, 3.63) is 29.3 Å². The first-order valence-corrected chi connectivity index (χ1v) is 6.94. The van der Waals surface area contributed by atoms with E-state index in [2.05, 4.69) is 24.5 Å². The molecule has 3 N–H and O–H groups in total. The molecule has 1 aromatic carbocycles. The van der Waals surface area contributed by atoms with Crippen molar-refractivity contribution in [1.82, 2.24) is 5.32 Å². The average molecular weight is 278 g/mol. The van der Waals surface area contributed by atoms with Crippen LogP contribution < -0.4 is 10.6 Å². The van der Waals surface area contributed by atoms with Gasteiger partial charge in [-0.3, -0.25) is 9.59 Å². The van der Waals surface area contributed by atoms with Crippen LogP contribution >= 0.6 is 0 Å². The van der Waals surface area contributed by atoms with Crippen LogP contribution in [0, 0.1) is 0 Å². The number of aliphatic hydroxyl groups excluding tert-OH is 1. The lowest BCUT2D eigenvalue weighted by Gasteiger charge is -2.10. The Morgan fingerprint density at radius 2 is 1.80 bits per heavy atom. The maximum atomic E-state index is 11.7. The third kappa shape index (κ3) is 4.66. The lowest BCUT2D eigenvalue weighted by atomic mass is 10.0. The van der Waals surface area contributed by atoms with E-state index in [1.54, 1.807) is 6.07 Å². The van der Waals surface area contributed by atoms with E-state index in [0.29, 0.717) is 12.1 Å². The molecule has 0 aliphatic rings. The molecule has 0 atom stereocenters. The van der Waals surface area contributed by atoms with Crippen molar-refractivity contribution in [2.45, 2.75) is 33.1 Å². The minimum Gasteiger partial charge on any atom is -0.396 e. The smallest absolute Gasteiger partial charge is 0.313 e. The number of aliphatic hydroxyl groups is 1. The van der Waals surface area contributed by atoms with E-state index >= 15 is 0 Å². The lowest BCUT2D eigenvalue weighted by Crippen LogP contribution is -2.36. The first-order chi connectivity index (χ1) is 9.62. The lowest BCUT2D eigenvalue weighted by molar-refractivity contribution is -0.136. The number of anilines is 1. The maximum Gasteiger partial charge on any atom is 0.313 e. The van der Waals surface area contributed by atoms with Crippen molar-refractivity contribution in [2.24, 2.45) is 0 Å². The molecule has 0 aliphatic heterocycles. The molecule has 1 rings (SSSR count). The van der Waals surface area contributed by atoms with E-state index in [4.69, 9.17) is 5.11 Å². The number of nitrogens with one attached hydrogen (secondary N) is 2. The number of carbonyl (C=O) groups is 2. The van der Waals surface area contributed by atoms with Gasteiger partial charge in [-0.25, -0.2) is 0 Å². The zero-order valence-electron chi connectivity index (χ0n) is 12.0. The number of hydrogen-bond donors (Lipinski definition) is 3. The molecule has 0 heterocycles. The highest BCUT2D eigenvalue weighted by Crippen LogP contribution is 2.17. The Bertz CT molecular complexity index is 472. The van der Waals surface area contributed by atoms with Crippen LogP contribution in [0.1, 0.15) is 31.4 Å². The topological polar surface area (TPSA) is 78.4 Å². The van der Waals surface area contributed by atoms with Crippen molar-refractivity contribution >= 4 is 17.5 Å². The van der Waals surface area contributed by atoms with E-state index < -0.39 is 11.8 Å². The molecule has 0 aromatic heterocycles.